The second kappa shape index (κ2) is 13.1. The Hall–Kier alpha value is -5.34. The van der Waals surface area contributed by atoms with Crippen molar-refractivity contribution in [2.45, 2.75) is 32.4 Å². The summed E-state index contributed by atoms with van der Waals surface area (Å²) in [4.78, 5) is 20.8. The van der Waals surface area contributed by atoms with Crippen LogP contribution in [0.4, 0.5) is 11.6 Å². The summed E-state index contributed by atoms with van der Waals surface area (Å²) in [5.41, 5.74) is 13.7. The van der Waals surface area contributed by atoms with Gasteiger partial charge in [-0.1, -0.05) is 36.4 Å². The maximum Gasteiger partial charge on any atom is 0.216 e. The molecular weight excluding hydrogens is 538 g/mol. The number of rotatable bonds is 11. The minimum absolute atomic E-state index is 0.200. The highest BCUT2D eigenvalue weighted by Gasteiger charge is 2.13. The summed E-state index contributed by atoms with van der Waals surface area (Å²) in [6.45, 7) is 4.71. The summed E-state index contributed by atoms with van der Waals surface area (Å²) in [6, 6.07) is 17.8. The predicted molar refractivity (Wildman–Crippen MR) is 163 cm³/mol. The summed E-state index contributed by atoms with van der Waals surface area (Å²) < 4.78 is 1.99. The van der Waals surface area contributed by atoms with Gasteiger partial charge in [0.05, 0.1) is 37.1 Å². The van der Waals surface area contributed by atoms with Crippen LogP contribution >= 0.6 is 0 Å². The molecule has 214 valence electrons. The maximum atomic E-state index is 9.04. The lowest BCUT2D eigenvalue weighted by Gasteiger charge is -2.13. The van der Waals surface area contributed by atoms with Gasteiger partial charge in [0.1, 0.15) is 0 Å². The Morgan fingerprint density at radius 1 is 0.860 bits per heavy atom. The molecule has 0 bridgehead atoms. The molecule has 11 heteroatoms. The third kappa shape index (κ3) is 6.77. The van der Waals surface area contributed by atoms with E-state index in [0.29, 0.717) is 30.3 Å². The number of likely N-dealkylation sites (tertiary alicyclic amines) is 1. The van der Waals surface area contributed by atoms with Crippen LogP contribution in [0.3, 0.4) is 0 Å². The lowest BCUT2D eigenvalue weighted by Crippen LogP contribution is -2.24. The Balaban J connectivity index is 1.12. The van der Waals surface area contributed by atoms with Crippen LogP contribution in [-0.4, -0.2) is 54.3 Å². The van der Waals surface area contributed by atoms with Crippen molar-refractivity contribution in [3.8, 4) is 39.8 Å². The monoisotopic (exact) mass is 569 g/mol. The molecule has 2 aromatic carbocycles. The molecule has 11 nitrogen and oxygen atoms in total. The highest BCUT2D eigenvalue weighted by atomic mass is 15.3. The van der Waals surface area contributed by atoms with Gasteiger partial charge in [0, 0.05) is 53.9 Å². The number of anilines is 1. The molecule has 1 aliphatic heterocycles. The second-order valence-electron chi connectivity index (χ2n) is 10.5. The first kappa shape index (κ1) is 27.8. The van der Waals surface area contributed by atoms with Crippen molar-refractivity contribution in [3.63, 3.8) is 0 Å². The van der Waals surface area contributed by atoms with Gasteiger partial charge in [0.25, 0.3) is 0 Å². The maximum absolute atomic E-state index is 9.04. The molecule has 0 aliphatic carbocycles. The molecule has 4 heterocycles. The minimum atomic E-state index is 0.200. The quantitative estimate of drug-likeness (QED) is 0.187. The van der Waals surface area contributed by atoms with Crippen LogP contribution in [0.2, 0.25) is 0 Å². The first-order valence-corrected chi connectivity index (χ1v) is 14.3. The molecule has 1 aliphatic rings. The smallest absolute Gasteiger partial charge is 0.216 e. The Kier molecular flexibility index (Phi) is 8.47. The molecule has 3 aromatic heterocycles. The molecule has 6 rings (SSSR count). The first-order chi connectivity index (χ1) is 21.2. The summed E-state index contributed by atoms with van der Waals surface area (Å²) in [6.07, 6.45) is 12.1. The molecule has 0 saturated carbocycles. The average Bonchev–Trinajstić information content (AvgIpc) is 3.76. The fourth-order valence-corrected chi connectivity index (χ4v) is 5.17. The van der Waals surface area contributed by atoms with E-state index in [4.69, 9.17) is 10.8 Å². The van der Waals surface area contributed by atoms with E-state index >= 15 is 0 Å². The number of benzene rings is 2. The van der Waals surface area contributed by atoms with Crippen LogP contribution in [-0.2, 0) is 19.5 Å². The van der Waals surface area contributed by atoms with Crippen LogP contribution < -0.4 is 5.32 Å². The van der Waals surface area contributed by atoms with Gasteiger partial charge in [-0.15, -0.1) is 5.11 Å². The van der Waals surface area contributed by atoms with Gasteiger partial charge in [0.2, 0.25) is 5.82 Å². The number of hydrogen-bond acceptors (Lipinski definition) is 10. The van der Waals surface area contributed by atoms with E-state index < -0.39 is 0 Å². The van der Waals surface area contributed by atoms with Crippen LogP contribution in [0.5, 0.6) is 0 Å². The molecule has 0 amide bonds. The topological polar surface area (TPSA) is 145 Å². The van der Waals surface area contributed by atoms with E-state index in [1.807, 2.05) is 71.8 Å². The van der Waals surface area contributed by atoms with Gasteiger partial charge in [-0.2, -0.15) is 10.4 Å². The van der Waals surface area contributed by atoms with Crippen molar-refractivity contribution in [3.05, 3.63) is 90.6 Å². The van der Waals surface area contributed by atoms with E-state index in [-0.39, 0.29) is 5.82 Å². The fraction of sp³-hybridized carbons (Fsp3) is 0.250. The lowest BCUT2D eigenvalue weighted by molar-refractivity contribution is 0.316. The molecule has 2 N–H and O–H groups in total. The Morgan fingerprint density at radius 2 is 1.63 bits per heavy atom. The zero-order chi connectivity index (χ0) is 29.4. The van der Waals surface area contributed by atoms with Crippen LogP contribution in [0.1, 0.15) is 24.0 Å². The third-order valence-corrected chi connectivity index (χ3v) is 7.47. The van der Waals surface area contributed by atoms with E-state index in [0.717, 1.165) is 46.5 Å². The van der Waals surface area contributed by atoms with Crippen LogP contribution in [0.15, 0.2) is 84.6 Å². The van der Waals surface area contributed by atoms with Crippen LogP contribution in [0, 0.1) is 16.9 Å². The summed E-state index contributed by atoms with van der Waals surface area (Å²) in [5.74, 6) is 1.24. The van der Waals surface area contributed by atoms with Gasteiger partial charge in [0.15, 0.2) is 11.6 Å². The van der Waals surface area contributed by atoms with Crippen molar-refractivity contribution in [2.24, 2.45) is 5.11 Å². The summed E-state index contributed by atoms with van der Waals surface area (Å²) in [5, 5.41) is 20.4. The molecule has 1 saturated heterocycles. The average molecular weight is 570 g/mol. The van der Waals surface area contributed by atoms with Crippen molar-refractivity contribution in [1.82, 2.24) is 34.6 Å². The Bertz CT molecular complexity index is 1750. The standard InChI is InChI=1S/C32H31N11/c33-10-9-23-5-3-7-25(15-23)29-21-38-32(41-34)31(40-29)35-17-24-6-4-8-26(16-24)30-36-18-27(19-37-30)28-20-39-43(22-28)14-13-42-11-1-2-12-42/h3-8,15-16,18-22,34H,1-2,9,11-14,17H2,(H,35,40). The molecule has 0 spiro atoms. The SMILES string of the molecule is N#CCc1cccc(-c2cnc(N=N)c(NCc3cccc(-c4ncc(-c5cnn(CCN6CCCC6)c5)cn4)c3)n2)c1. The molecule has 0 unspecified atom stereocenters. The zero-order valence-electron chi connectivity index (χ0n) is 23.7. The van der Waals surface area contributed by atoms with Crippen molar-refractivity contribution < 1.29 is 0 Å². The zero-order valence-corrected chi connectivity index (χ0v) is 23.7. The van der Waals surface area contributed by atoms with E-state index in [2.05, 4.69) is 52.6 Å². The van der Waals surface area contributed by atoms with Gasteiger partial charge >= 0.3 is 0 Å². The van der Waals surface area contributed by atoms with Gasteiger partial charge < -0.3 is 10.2 Å². The second-order valence-corrected chi connectivity index (χ2v) is 10.5. The fourth-order valence-electron chi connectivity index (χ4n) is 5.17. The molecule has 0 radical (unpaired) electrons. The summed E-state index contributed by atoms with van der Waals surface area (Å²) in [7, 11) is 0. The van der Waals surface area contributed by atoms with Gasteiger partial charge in [-0.05, 0) is 49.2 Å². The molecule has 0 atom stereocenters. The number of nitrogens with one attached hydrogen (secondary N) is 2. The Morgan fingerprint density at radius 3 is 2.42 bits per heavy atom. The number of aromatic nitrogens is 6. The minimum Gasteiger partial charge on any atom is -0.363 e. The highest BCUT2D eigenvalue weighted by molar-refractivity contribution is 5.66. The number of hydrogen-bond donors (Lipinski definition) is 2. The number of nitriles is 1. The van der Waals surface area contributed by atoms with E-state index in [1.54, 1.807) is 6.20 Å². The summed E-state index contributed by atoms with van der Waals surface area (Å²) >= 11 is 0. The van der Waals surface area contributed by atoms with Crippen molar-refractivity contribution in [2.75, 3.05) is 25.0 Å². The lowest BCUT2D eigenvalue weighted by atomic mass is 10.1. The molecule has 43 heavy (non-hydrogen) atoms. The third-order valence-electron chi connectivity index (χ3n) is 7.47. The predicted octanol–water partition coefficient (Wildman–Crippen LogP) is 5.90. The molecular formula is C32H31N11. The van der Waals surface area contributed by atoms with E-state index in [1.165, 1.54) is 25.9 Å². The van der Waals surface area contributed by atoms with Gasteiger partial charge in [-0.3, -0.25) is 4.68 Å². The number of nitrogens with zero attached hydrogens (tertiary/aromatic N) is 9. The first-order valence-electron chi connectivity index (χ1n) is 14.3. The highest BCUT2D eigenvalue weighted by Crippen LogP contribution is 2.27. The van der Waals surface area contributed by atoms with Gasteiger partial charge in [-0.25, -0.2) is 25.5 Å². The normalized spacial score (nSPS) is 13.1. The Labute approximate surface area is 249 Å². The van der Waals surface area contributed by atoms with Crippen molar-refractivity contribution >= 4 is 11.6 Å². The molecule has 1 fully saturated rings. The van der Waals surface area contributed by atoms with Crippen LogP contribution in [0.25, 0.3) is 33.8 Å². The van der Waals surface area contributed by atoms with Crippen molar-refractivity contribution in [1.29, 1.82) is 10.8 Å². The molecule has 5 aromatic rings. The van der Waals surface area contributed by atoms with E-state index in [9.17, 15) is 0 Å². The largest absolute Gasteiger partial charge is 0.363 e.